The lowest BCUT2D eigenvalue weighted by Crippen LogP contribution is -2.18. The molecular formula is C18H24N2. The van der Waals surface area contributed by atoms with Crippen molar-refractivity contribution >= 4 is 5.69 Å². The summed E-state index contributed by atoms with van der Waals surface area (Å²) in [6.07, 6.45) is 1.10. The first-order chi connectivity index (χ1) is 9.60. The number of nitrogens with zero attached hydrogens (tertiary/aromatic N) is 1. The Morgan fingerprint density at radius 1 is 0.950 bits per heavy atom. The molecule has 0 radical (unpaired) electrons. The van der Waals surface area contributed by atoms with E-state index in [9.17, 15) is 0 Å². The summed E-state index contributed by atoms with van der Waals surface area (Å²) in [4.78, 5) is 2.32. The zero-order chi connectivity index (χ0) is 14.5. The van der Waals surface area contributed by atoms with Crippen LogP contribution in [0, 0.1) is 6.92 Å². The fraction of sp³-hybridized carbons (Fsp3) is 0.333. The molecule has 0 saturated heterocycles. The van der Waals surface area contributed by atoms with E-state index in [4.69, 9.17) is 5.73 Å². The third-order valence-electron chi connectivity index (χ3n) is 3.81. The first-order valence-electron chi connectivity index (χ1n) is 7.20. The molecule has 2 aromatic rings. The predicted molar refractivity (Wildman–Crippen MR) is 86.6 cm³/mol. The highest BCUT2D eigenvalue weighted by Gasteiger charge is 2.06. The molecule has 0 unspecified atom stereocenters. The van der Waals surface area contributed by atoms with Crippen LogP contribution >= 0.6 is 0 Å². The van der Waals surface area contributed by atoms with E-state index >= 15 is 0 Å². The molecule has 0 aliphatic rings. The minimum atomic E-state index is 0.878. The van der Waals surface area contributed by atoms with Gasteiger partial charge in [-0.05, 0) is 48.7 Å². The van der Waals surface area contributed by atoms with Crippen LogP contribution in [0.15, 0.2) is 42.5 Å². The lowest BCUT2D eigenvalue weighted by molar-refractivity contribution is 0.318. The largest absolute Gasteiger partial charge is 0.399 e. The van der Waals surface area contributed by atoms with E-state index in [1.54, 1.807) is 0 Å². The summed E-state index contributed by atoms with van der Waals surface area (Å²) < 4.78 is 0. The summed E-state index contributed by atoms with van der Waals surface area (Å²) in [5.41, 5.74) is 12.1. The number of nitrogen functional groups attached to an aromatic ring is 1. The van der Waals surface area contributed by atoms with Gasteiger partial charge in [-0.15, -0.1) is 0 Å². The molecule has 2 aromatic carbocycles. The van der Waals surface area contributed by atoms with Gasteiger partial charge in [-0.3, -0.25) is 4.90 Å². The van der Waals surface area contributed by atoms with Crippen LogP contribution in [-0.4, -0.2) is 11.9 Å². The van der Waals surface area contributed by atoms with Crippen LogP contribution in [0.1, 0.15) is 29.2 Å². The van der Waals surface area contributed by atoms with Crippen LogP contribution in [0.5, 0.6) is 0 Å². The molecule has 2 heteroatoms. The van der Waals surface area contributed by atoms with Crippen molar-refractivity contribution in [3.63, 3.8) is 0 Å². The van der Waals surface area contributed by atoms with Gasteiger partial charge in [0.1, 0.15) is 0 Å². The number of nitrogens with two attached hydrogens (primary N) is 1. The van der Waals surface area contributed by atoms with Gasteiger partial charge in [-0.2, -0.15) is 0 Å². The Kier molecular flexibility index (Phi) is 4.80. The maximum atomic E-state index is 5.96. The van der Waals surface area contributed by atoms with Crippen molar-refractivity contribution < 1.29 is 0 Å². The molecule has 2 nitrogen and oxygen atoms in total. The molecule has 2 rings (SSSR count). The number of benzene rings is 2. The van der Waals surface area contributed by atoms with Crippen LogP contribution in [-0.2, 0) is 19.5 Å². The zero-order valence-corrected chi connectivity index (χ0v) is 12.7. The molecule has 0 atom stereocenters. The first-order valence-corrected chi connectivity index (χ1v) is 7.20. The van der Waals surface area contributed by atoms with Crippen LogP contribution in [0.2, 0.25) is 0 Å². The molecule has 0 heterocycles. The fourth-order valence-electron chi connectivity index (χ4n) is 2.41. The standard InChI is InChI=1S/C18H24N2/c1-4-15-8-10-16(11-9-15)12-20(3)13-17-6-5-7-18(19)14(17)2/h5-11H,4,12-13,19H2,1-3H3. The summed E-state index contributed by atoms with van der Waals surface area (Å²) >= 11 is 0. The fourth-order valence-corrected chi connectivity index (χ4v) is 2.41. The van der Waals surface area contributed by atoms with Crippen LogP contribution in [0.4, 0.5) is 5.69 Å². The lowest BCUT2D eigenvalue weighted by atomic mass is 10.1. The summed E-state index contributed by atoms with van der Waals surface area (Å²) in [6.45, 7) is 6.16. The van der Waals surface area contributed by atoms with Crippen LogP contribution < -0.4 is 5.73 Å². The van der Waals surface area contributed by atoms with Gasteiger partial charge < -0.3 is 5.73 Å². The van der Waals surface area contributed by atoms with Crippen molar-refractivity contribution in [3.8, 4) is 0 Å². The number of hydrogen-bond donors (Lipinski definition) is 1. The molecule has 106 valence electrons. The maximum absolute atomic E-state index is 5.96. The van der Waals surface area contributed by atoms with Gasteiger partial charge in [0, 0.05) is 18.8 Å². The van der Waals surface area contributed by atoms with E-state index in [0.717, 1.165) is 25.2 Å². The topological polar surface area (TPSA) is 29.3 Å². The summed E-state index contributed by atoms with van der Waals surface area (Å²) in [7, 11) is 2.15. The Hall–Kier alpha value is -1.80. The normalized spacial score (nSPS) is 11.0. The second-order valence-corrected chi connectivity index (χ2v) is 5.47. The molecule has 20 heavy (non-hydrogen) atoms. The van der Waals surface area contributed by atoms with Gasteiger partial charge in [-0.25, -0.2) is 0 Å². The van der Waals surface area contributed by atoms with E-state index in [0.29, 0.717) is 0 Å². The van der Waals surface area contributed by atoms with E-state index < -0.39 is 0 Å². The van der Waals surface area contributed by atoms with E-state index in [-0.39, 0.29) is 0 Å². The Bertz CT molecular complexity index is 558. The molecule has 2 N–H and O–H groups in total. The van der Waals surface area contributed by atoms with Crippen LogP contribution in [0.25, 0.3) is 0 Å². The SMILES string of the molecule is CCc1ccc(CN(C)Cc2cccc(N)c2C)cc1. The Morgan fingerprint density at radius 3 is 2.25 bits per heavy atom. The third kappa shape index (κ3) is 3.61. The summed E-state index contributed by atoms with van der Waals surface area (Å²) in [6, 6.07) is 15.0. The van der Waals surface area contributed by atoms with Gasteiger partial charge in [0.2, 0.25) is 0 Å². The van der Waals surface area contributed by atoms with Gasteiger partial charge in [0.25, 0.3) is 0 Å². The molecule has 0 bridgehead atoms. The van der Waals surface area contributed by atoms with Crippen molar-refractivity contribution in [2.45, 2.75) is 33.4 Å². The molecule has 0 saturated carbocycles. The van der Waals surface area contributed by atoms with Gasteiger partial charge in [0.05, 0.1) is 0 Å². The van der Waals surface area contributed by atoms with E-state index in [1.807, 2.05) is 12.1 Å². The highest BCUT2D eigenvalue weighted by atomic mass is 15.1. The molecular weight excluding hydrogens is 244 g/mol. The minimum Gasteiger partial charge on any atom is -0.399 e. The minimum absolute atomic E-state index is 0.878. The molecule has 0 aliphatic heterocycles. The lowest BCUT2D eigenvalue weighted by Gasteiger charge is -2.19. The number of aryl methyl sites for hydroxylation is 1. The van der Waals surface area contributed by atoms with Crippen molar-refractivity contribution in [1.82, 2.24) is 4.90 Å². The second kappa shape index (κ2) is 6.58. The molecule has 0 aliphatic carbocycles. The molecule has 0 spiro atoms. The van der Waals surface area contributed by atoms with Crippen molar-refractivity contribution in [2.24, 2.45) is 0 Å². The monoisotopic (exact) mass is 268 g/mol. The average molecular weight is 268 g/mol. The Labute approximate surface area is 122 Å². The third-order valence-corrected chi connectivity index (χ3v) is 3.81. The van der Waals surface area contributed by atoms with Crippen molar-refractivity contribution in [2.75, 3.05) is 12.8 Å². The smallest absolute Gasteiger partial charge is 0.0346 e. The second-order valence-electron chi connectivity index (χ2n) is 5.47. The van der Waals surface area contributed by atoms with Gasteiger partial charge in [-0.1, -0.05) is 43.3 Å². The molecule has 0 fully saturated rings. The maximum Gasteiger partial charge on any atom is 0.0346 e. The van der Waals surface area contributed by atoms with Gasteiger partial charge in [0.15, 0.2) is 0 Å². The van der Waals surface area contributed by atoms with E-state index in [2.05, 4.69) is 56.1 Å². The number of hydrogen-bond acceptors (Lipinski definition) is 2. The highest BCUT2D eigenvalue weighted by Crippen LogP contribution is 2.18. The number of rotatable bonds is 5. The summed E-state index contributed by atoms with van der Waals surface area (Å²) in [5, 5.41) is 0. The average Bonchev–Trinajstić information content (AvgIpc) is 2.45. The van der Waals surface area contributed by atoms with Crippen molar-refractivity contribution in [1.29, 1.82) is 0 Å². The highest BCUT2D eigenvalue weighted by molar-refractivity contribution is 5.49. The zero-order valence-electron chi connectivity index (χ0n) is 12.7. The molecule has 0 amide bonds. The number of anilines is 1. The predicted octanol–water partition coefficient (Wildman–Crippen LogP) is 3.77. The van der Waals surface area contributed by atoms with Crippen molar-refractivity contribution in [3.05, 3.63) is 64.7 Å². The Balaban J connectivity index is 2.01. The van der Waals surface area contributed by atoms with E-state index in [1.165, 1.54) is 22.3 Å². The molecule has 0 aromatic heterocycles. The first kappa shape index (κ1) is 14.6. The van der Waals surface area contributed by atoms with Gasteiger partial charge >= 0.3 is 0 Å². The quantitative estimate of drug-likeness (QED) is 0.836. The van der Waals surface area contributed by atoms with Crippen LogP contribution in [0.3, 0.4) is 0 Å². The summed E-state index contributed by atoms with van der Waals surface area (Å²) in [5.74, 6) is 0. The Morgan fingerprint density at radius 2 is 1.60 bits per heavy atom.